The van der Waals surface area contributed by atoms with Crippen LogP contribution < -0.4 is 10.6 Å². The summed E-state index contributed by atoms with van der Waals surface area (Å²) in [7, 11) is 1.59. The molecule has 6 nitrogen and oxygen atoms in total. The molecule has 0 N–H and O–H groups in total. The molecule has 0 saturated carbocycles. The van der Waals surface area contributed by atoms with Crippen molar-refractivity contribution in [1.82, 2.24) is 14.3 Å². The van der Waals surface area contributed by atoms with Gasteiger partial charge in [-0.05, 0) is 38.1 Å². The van der Waals surface area contributed by atoms with Crippen molar-refractivity contribution in [1.29, 1.82) is 0 Å². The minimum absolute atomic E-state index is 0.0434. The number of benzene rings is 1. The van der Waals surface area contributed by atoms with Gasteiger partial charge < -0.3 is 4.90 Å². The number of aryl methyl sites for hydroxylation is 1. The third-order valence-corrected chi connectivity index (χ3v) is 3.31. The molecule has 2 rings (SSSR count). The standard InChI is InChI=1S/C14H17ClN4O2/c1-10(2)19(12-6-4-11(15)5-7-12)13(20)8-18-14(21)17(3)9-16-18/h4-7,9-10H,8H2,1-3H3. The fourth-order valence-corrected chi connectivity index (χ4v) is 2.19. The Bertz CT molecular complexity index is 688. The molecule has 0 atom stereocenters. The van der Waals surface area contributed by atoms with E-state index in [9.17, 15) is 9.59 Å². The zero-order valence-corrected chi connectivity index (χ0v) is 12.9. The highest BCUT2D eigenvalue weighted by atomic mass is 35.5. The predicted octanol–water partition coefficient (Wildman–Crippen LogP) is 1.68. The van der Waals surface area contributed by atoms with Gasteiger partial charge >= 0.3 is 5.69 Å². The van der Waals surface area contributed by atoms with E-state index in [0.717, 1.165) is 10.4 Å². The van der Waals surface area contributed by atoms with Crippen LogP contribution in [-0.4, -0.2) is 26.3 Å². The molecule has 0 bridgehead atoms. The van der Waals surface area contributed by atoms with Crippen molar-refractivity contribution in [3.8, 4) is 0 Å². The first-order valence-electron chi connectivity index (χ1n) is 6.56. The second-order valence-corrected chi connectivity index (χ2v) is 5.45. The van der Waals surface area contributed by atoms with Crippen molar-refractivity contribution in [3.05, 3.63) is 46.1 Å². The first kappa shape index (κ1) is 15.3. The molecule has 0 radical (unpaired) electrons. The summed E-state index contributed by atoms with van der Waals surface area (Å²) >= 11 is 5.87. The van der Waals surface area contributed by atoms with E-state index < -0.39 is 0 Å². The molecule has 0 unspecified atom stereocenters. The fourth-order valence-electron chi connectivity index (χ4n) is 2.07. The van der Waals surface area contributed by atoms with Crippen molar-refractivity contribution >= 4 is 23.2 Å². The molecular formula is C14H17ClN4O2. The third kappa shape index (κ3) is 3.33. The van der Waals surface area contributed by atoms with Crippen molar-refractivity contribution < 1.29 is 4.79 Å². The number of halogens is 1. The van der Waals surface area contributed by atoms with Gasteiger partial charge in [0.05, 0.1) is 0 Å². The summed E-state index contributed by atoms with van der Waals surface area (Å²) in [6, 6.07) is 6.97. The van der Waals surface area contributed by atoms with Gasteiger partial charge in [0.25, 0.3) is 0 Å². The van der Waals surface area contributed by atoms with Crippen LogP contribution in [0, 0.1) is 0 Å². The van der Waals surface area contributed by atoms with Gasteiger partial charge in [0.2, 0.25) is 5.91 Å². The first-order valence-corrected chi connectivity index (χ1v) is 6.94. The van der Waals surface area contributed by atoms with Gasteiger partial charge in [-0.25, -0.2) is 9.48 Å². The largest absolute Gasteiger partial charge is 0.345 e. The van der Waals surface area contributed by atoms with E-state index >= 15 is 0 Å². The van der Waals surface area contributed by atoms with Gasteiger partial charge in [-0.2, -0.15) is 5.10 Å². The number of carbonyl (C=O) groups excluding carboxylic acids is 1. The van der Waals surface area contributed by atoms with Crippen LogP contribution in [0.15, 0.2) is 35.4 Å². The molecular weight excluding hydrogens is 292 g/mol. The molecule has 0 fully saturated rings. The topological polar surface area (TPSA) is 60.1 Å². The van der Waals surface area contributed by atoms with Gasteiger partial charge in [-0.1, -0.05) is 11.6 Å². The Hall–Kier alpha value is -2.08. The van der Waals surface area contributed by atoms with Crippen LogP contribution in [0.3, 0.4) is 0 Å². The minimum atomic E-state index is -0.317. The average molecular weight is 309 g/mol. The molecule has 112 valence electrons. The number of amides is 1. The Morgan fingerprint density at radius 2 is 1.95 bits per heavy atom. The highest BCUT2D eigenvalue weighted by molar-refractivity contribution is 6.30. The molecule has 1 aromatic carbocycles. The zero-order valence-electron chi connectivity index (χ0n) is 12.2. The second kappa shape index (κ2) is 6.13. The molecule has 1 heterocycles. The lowest BCUT2D eigenvalue weighted by Gasteiger charge is -2.26. The molecule has 0 aliphatic carbocycles. The zero-order chi connectivity index (χ0) is 15.6. The van der Waals surface area contributed by atoms with Gasteiger partial charge in [0, 0.05) is 23.8 Å². The van der Waals surface area contributed by atoms with E-state index in [0.29, 0.717) is 5.02 Å². The number of hydrogen-bond acceptors (Lipinski definition) is 3. The number of aromatic nitrogens is 3. The summed E-state index contributed by atoms with van der Waals surface area (Å²) < 4.78 is 2.48. The molecule has 1 aromatic heterocycles. The maximum atomic E-state index is 12.5. The van der Waals surface area contributed by atoms with Gasteiger partial charge in [-0.15, -0.1) is 0 Å². The monoisotopic (exact) mass is 308 g/mol. The summed E-state index contributed by atoms with van der Waals surface area (Å²) in [5, 5.41) is 4.51. The molecule has 0 aliphatic rings. The maximum Gasteiger partial charge on any atom is 0.345 e. The molecule has 7 heteroatoms. The number of hydrogen-bond donors (Lipinski definition) is 0. The summed E-state index contributed by atoms with van der Waals surface area (Å²) in [4.78, 5) is 25.9. The van der Waals surface area contributed by atoms with Crippen molar-refractivity contribution in [2.24, 2.45) is 7.05 Å². The van der Waals surface area contributed by atoms with Crippen LogP contribution in [0.2, 0.25) is 5.02 Å². The van der Waals surface area contributed by atoms with E-state index in [1.54, 1.807) is 36.2 Å². The van der Waals surface area contributed by atoms with Crippen molar-refractivity contribution in [3.63, 3.8) is 0 Å². The lowest BCUT2D eigenvalue weighted by molar-refractivity contribution is -0.119. The van der Waals surface area contributed by atoms with Crippen molar-refractivity contribution in [2.45, 2.75) is 26.4 Å². The normalized spacial score (nSPS) is 10.9. The number of rotatable bonds is 4. The van der Waals surface area contributed by atoms with Crippen LogP contribution >= 0.6 is 11.6 Å². The van der Waals surface area contributed by atoms with Crippen LogP contribution in [-0.2, 0) is 18.4 Å². The fraction of sp³-hybridized carbons (Fsp3) is 0.357. The van der Waals surface area contributed by atoms with Crippen molar-refractivity contribution in [2.75, 3.05) is 4.90 Å². The summed E-state index contributed by atoms with van der Waals surface area (Å²) in [6.45, 7) is 3.72. The minimum Gasteiger partial charge on any atom is -0.308 e. The second-order valence-electron chi connectivity index (χ2n) is 5.02. The number of nitrogens with zero attached hydrogens (tertiary/aromatic N) is 4. The summed E-state index contributed by atoms with van der Waals surface area (Å²) in [5.74, 6) is -0.201. The average Bonchev–Trinajstić information content (AvgIpc) is 2.73. The first-order chi connectivity index (χ1) is 9.90. The molecule has 1 amide bonds. The third-order valence-electron chi connectivity index (χ3n) is 3.06. The molecule has 0 saturated heterocycles. The molecule has 0 aliphatic heterocycles. The van der Waals surface area contributed by atoms with Crippen LogP contribution in [0.25, 0.3) is 0 Å². The highest BCUT2D eigenvalue weighted by Gasteiger charge is 2.20. The Labute approximate surface area is 127 Å². The highest BCUT2D eigenvalue weighted by Crippen LogP contribution is 2.20. The smallest absolute Gasteiger partial charge is 0.308 e. The van der Waals surface area contributed by atoms with Crippen LogP contribution in [0.1, 0.15) is 13.8 Å². The molecule has 2 aromatic rings. The van der Waals surface area contributed by atoms with Gasteiger partial charge in [0.1, 0.15) is 12.9 Å². The summed E-state index contributed by atoms with van der Waals surface area (Å²) in [5.41, 5.74) is 0.423. The number of anilines is 1. The summed E-state index contributed by atoms with van der Waals surface area (Å²) in [6.07, 6.45) is 1.39. The lowest BCUT2D eigenvalue weighted by Crippen LogP contribution is -2.41. The molecule has 21 heavy (non-hydrogen) atoms. The van der Waals surface area contributed by atoms with E-state index in [1.807, 2.05) is 13.8 Å². The lowest BCUT2D eigenvalue weighted by atomic mass is 10.2. The quantitative estimate of drug-likeness (QED) is 0.863. The Morgan fingerprint density at radius 3 is 2.43 bits per heavy atom. The van der Waals surface area contributed by atoms with E-state index in [2.05, 4.69) is 5.10 Å². The Kier molecular flexibility index (Phi) is 4.47. The Balaban J connectivity index is 2.26. The molecule has 0 spiro atoms. The van der Waals surface area contributed by atoms with E-state index in [1.165, 1.54) is 10.9 Å². The number of carbonyl (C=O) groups is 1. The SMILES string of the molecule is CC(C)N(C(=O)Cn1ncn(C)c1=O)c1ccc(Cl)cc1. The maximum absolute atomic E-state index is 12.5. The predicted molar refractivity (Wildman–Crippen MR) is 81.5 cm³/mol. The van der Waals surface area contributed by atoms with Gasteiger partial charge in [0.15, 0.2) is 0 Å². The van der Waals surface area contributed by atoms with Crippen LogP contribution in [0.5, 0.6) is 0 Å². The van der Waals surface area contributed by atoms with Crippen LogP contribution in [0.4, 0.5) is 5.69 Å². The van der Waals surface area contributed by atoms with E-state index in [4.69, 9.17) is 11.6 Å². The Morgan fingerprint density at radius 1 is 1.33 bits per heavy atom. The van der Waals surface area contributed by atoms with Gasteiger partial charge in [-0.3, -0.25) is 9.36 Å². The van der Waals surface area contributed by atoms with E-state index in [-0.39, 0.29) is 24.2 Å².